The topological polar surface area (TPSA) is 32.3 Å². The number of aryl methyl sites for hydroxylation is 1. The summed E-state index contributed by atoms with van der Waals surface area (Å²) in [7, 11) is 0. The number of rotatable bonds is 6. The third-order valence-corrected chi connectivity index (χ3v) is 4.49. The van der Waals surface area contributed by atoms with Gasteiger partial charge in [-0.1, -0.05) is 39.8 Å². The fraction of sp³-hybridized carbons (Fsp3) is 0.650. The predicted molar refractivity (Wildman–Crippen MR) is 97.8 cm³/mol. The second-order valence-corrected chi connectivity index (χ2v) is 7.76. The zero-order valence-electron chi connectivity index (χ0n) is 15.4. The summed E-state index contributed by atoms with van der Waals surface area (Å²) in [6, 6.07) is 6.90. The first-order chi connectivity index (χ1) is 10.9. The van der Waals surface area contributed by atoms with E-state index in [-0.39, 0.29) is 5.91 Å². The Morgan fingerprint density at radius 2 is 1.87 bits per heavy atom. The highest BCUT2D eigenvalue weighted by molar-refractivity contribution is 5.89. The van der Waals surface area contributed by atoms with Gasteiger partial charge in [0.25, 0.3) is 0 Å². The van der Waals surface area contributed by atoms with Crippen molar-refractivity contribution in [2.75, 3.05) is 18.4 Å². The molecule has 0 radical (unpaired) electrons. The molecular formula is C20H32N2O. The average molecular weight is 316 g/mol. The quantitative estimate of drug-likeness (QED) is 0.856. The van der Waals surface area contributed by atoms with Crippen molar-refractivity contribution < 1.29 is 4.79 Å². The molecule has 0 saturated carbocycles. The van der Waals surface area contributed by atoms with Crippen LogP contribution in [0.4, 0.5) is 5.69 Å². The van der Waals surface area contributed by atoms with Gasteiger partial charge in [-0.2, -0.15) is 0 Å². The lowest BCUT2D eigenvalue weighted by Crippen LogP contribution is -2.43. The molecule has 3 heteroatoms. The Morgan fingerprint density at radius 3 is 2.43 bits per heavy atom. The maximum Gasteiger partial charge on any atom is 0.221 e. The molecule has 0 bridgehead atoms. The number of hydrogen-bond donors (Lipinski definition) is 1. The summed E-state index contributed by atoms with van der Waals surface area (Å²) in [5.41, 5.74) is 3.76. The van der Waals surface area contributed by atoms with Gasteiger partial charge in [0.15, 0.2) is 0 Å². The van der Waals surface area contributed by atoms with Gasteiger partial charge in [-0.25, -0.2) is 0 Å². The number of carbonyl (C=O) groups is 1. The third-order valence-electron chi connectivity index (χ3n) is 4.49. The molecule has 3 nitrogen and oxygen atoms in total. The average Bonchev–Trinajstić information content (AvgIpc) is 2.45. The molecule has 1 unspecified atom stereocenters. The Kier molecular flexibility index (Phi) is 6.23. The monoisotopic (exact) mass is 316 g/mol. The maximum atomic E-state index is 11.5. The van der Waals surface area contributed by atoms with Crippen molar-refractivity contribution in [3.05, 3.63) is 29.3 Å². The molecule has 1 aliphatic rings. The fourth-order valence-electron chi connectivity index (χ4n) is 3.70. The van der Waals surface area contributed by atoms with Gasteiger partial charge in [0.2, 0.25) is 5.91 Å². The minimum absolute atomic E-state index is 0.0155. The summed E-state index contributed by atoms with van der Waals surface area (Å²) in [5.74, 6) is 1.38. The van der Waals surface area contributed by atoms with E-state index in [0.29, 0.717) is 17.9 Å². The number of hydrogen-bond acceptors (Lipinski definition) is 2. The van der Waals surface area contributed by atoms with Crippen molar-refractivity contribution >= 4 is 11.6 Å². The highest BCUT2D eigenvalue weighted by Gasteiger charge is 2.26. The number of carbonyl (C=O) groups excluding carboxylic acids is 1. The normalized spacial score (nSPS) is 17.7. The molecule has 0 fully saturated rings. The van der Waals surface area contributed by atoms with Gasteiger partial charge in [0.1, 0.15) is 0 Å². The molecule has 2 rings (SSSR count). The van der Waals surface area contributed by atoms with E-state index in [1.807, 2.05) is 6.07 Å². The van der Waals surface area contributed by atoms with E-state index in [4.69, 9.17) is 0 Å². The van der Waals surface area contributed by atoms with Crippen LogP contribution in [0.25, 0.3) is 0 Å². The summed E-state index contributed by atoms with van der Waals surface area (Å²) in [6.45, 7) is 13.1. The highest BCUT2D eigenvalue weighted by Crippen LogP contribution is 2.31. The van der Waals surface area contributed by atoms with E-state index in [0.717, 1.165) is 31.6 Å². The molecule has 0 aliphatic heterocycles. The van der Waals surface area contributed by atoms with E-state index in [1.165, 1.54) is 17.5 Å². The van der Waals surface area contributed by atoms with Gasteiger partial charge >= 0.3 is 0 Å². The van der Waals surface area contributed by atoms with Gasteiger partial charge in [0.05, 0.1) is 0 Å². The van der Waals surface area contributed by atoms with Crippen molar-refractivity contribution in [1.82, 2.24) is 4.90 Å². The van der Waals surface area contributed by atoms with Crippen LogP contribution < -0.4 is 5.32 Å². The van der Waals surface area contributed by atoms with E-state index < -0.39 is 0 Å². The SMILES string of the molecule is CC(=O)Nc1cccc2c1CC(N(CC(C)C)CC(C)C)CC2. The minimum atomic E-state index is 0.0155. The minimum Gasteiger partial charge on any atom is -0.326 e. The molecule has 128 valence electrons. The Morgan fingerprint density at radius 1 is 1.22 bits per heavy atom. The molecule has 1 aromatic carbocycles. The van der Waals surface area contributed by atoms with Gasteiger partial charge in [-0.3, -0.25) is 9.69 Å². The number of benzene rings is 1. The van der Waals surface area contributed by atoms with Crippen LogP contribution in [0.1, 0.15) is 52.2 Å². The zero-order valence-corrected chi connectivity index (χ0v) is 15.4. The summed E-state index contributed by atoms with van der Waals surface area (Å²) in [6.07, 6.45) is 3.38. The van der Waals surface area contributed by atoms with Crippen molar-refractivity contribution in [1.29, 1.82) is 0 Å². The van der Waals surface area contributed by atoms with Crippen molar-refractivity contribution in [2.24, 2.45) is 11.8 Å². The van der Waals surface area contributed by atoms with Gasteiger partial charge in [-0.15, -0.1) is 0 Å². The van der Waals surface area contributed by atoms with Crippen LogP contribution in [0, 0.1) is 11.8 Å². The zero-order chi connectivity index (χ0) is 17.0. The smallest absolute Gasteiger partial charge is 0.221 e. The van der Waals surface area contributed by atoms with Gasteiger partial charge in [0, 0.05) is 31.7 Å². The summed E-state index contributed by atoms with van der Waals surface area (Å²) >= 11 is 0. The van der Waals surface area contributed by atoms with E-state index in [9.17, 15) is 4.79 Å². The Balaban J connectivity index is 2.20. The standard InChI is InChI=1S/C20H32N2O/c1-14(2)12-22(13-15(3)4)18-10-9-17-7-6-8-20(19(17)11-18)21-16(5)23/h6-8,14-15,18H,9-13H2,1-5H3,(H,21,23). The number of nitrogens with zero attached hydrogens (tertiary/aromatic N) is 1. The largest absolute Gasteiger partial charge is 0.326 e. The second kappa shape index (κ2) is 7.96. The van der Waals surface area contributed by atoms with E-state index in [1.54, 1.807) is 6.92 Å². The lowest BCUT2D eigenvalue weighted by Gasteiger charge is -2.38. The molecule has 0 spiro atoms. The molecule has 23 heavy (non-hydrogen) atoms. The first-order valence-electron chi connectivity index (χ1n) is 8.99. The summed E-state index contributed by atoms with van der Waals surface area (Å²) in [4.78, 5) is 14.2. The van der Waals surface area contributed by atoms with Crippen LogP contribution in [0.5, 0.6) is 0 Å². The van der Waals surface area contributed by atoms with Crippen molar-refractivity contribution in [2.45, 2.75) is 59.9 Å². The lowest BCUT2D eigenvalue weighted by molar-refractivity contribution is -0.114. The second-order valence-electron chi connectivity index (χ2n) is 7.76. The summed E-state index contributed by atoms with van der Waals surface area (Å²) < 4.78 is 0. The number of amides is 1. The molecule has 0 aromatic heterocycles. The van der Waals surface area contributed by atoms with Gasteiger partial charge < -0.3 is 5.32 Å². The van der Waals surface area contributed by atoms with Crippen LogP contribution in [-0.4, -0.2) is 29.9 Å². The molecule has 1 amide bonds. The van der Waals surface area contributed by atoms with Crippen LogP contribution in [0.2, 0.25) is 0 Å². The Bertz CT molecular complexity index is 526. The third kappa shape index (κ3) is 5.07. The van der Waals surface area contributed by atoms with Crippen LogP contribution in [0.15, 0.2) is 18.2 Å². The Hall–Kier alpha value is -1.35. The van der Waals surface area contributed by atoms with E-state index >= 15 is 0 Å². The maximum absolute atomic E-state index is 11.5. The number of fused-ring (bicyclic) bond motifs is 1. The van der Waals surface area contributed by atoms with Crippen molar-refractivity contribution in [3.8, 4) is 0 Å². The molecule has 1 atom stereocenters. The first-order valence-corrected chi connectivity index (χ1v) is 8.99. The van der Waals surface area contributed by atoms with Gasteiger partial charge in [-0.05, 0) is 48.3 Å². The molecule has 0 heterocycles. The summed E-state index contributed by atoms with van der Waals surface area (Å²) in [5, 5.41) is 3.02. The fourth-order valence-corrected chi connectivity index (χ4v) is 3.70. The number of anilines is 1. The molecule has 1 aliphatic carbocycles. The van der Waals surface area contributed by atoms with Crippen LogP contribution in [0.3, 0.4) is 0 Å². The van der Waals surface area contributed by atoms with E-state index in [2.05, 4.69) is 50.0 Å². The molecule has 1 N–H and O–H groups in total. The van der Waals surface area contributed by atoms with Crippen molar-refractivity contribution in [3.63, 3.8) is 0 Å². The van der Waals surface area contributed by atoms with Crippen LogP contribution >= 0.6 is 0 Å². The molecular weight excluding hydrogens is 284 g/mol. The predicted octanol–water partition coefficient (Wildman–Crippen LogP) is 4.12. The molecule has 1 aromatic rings. The Labute approximate surface area is 141 Å². The van der Waals surface area contributed by atoms with Crippen LogP contribution in [-0.2, 0) is 17.6 Å². The molecule has 0 saturated heterocycles. The highest BCUT2D eigenvalue weighted by atomic mass is 16.1. The lowest BCUT2D eigenvalue weighted by atomic mass is 9.85. The first kappa shape index (κ1) is 18.0. The number of nitrogens with one attached hydrogen (secondary N) is 1.